The minimum Gasteiger partial charge on any atom is -0.507 e. The molecule has 4 rings (SSSR count). The molecule has 0 radical (unpaired) electrons. The number of nitrogens with one attached hydrogen (secondary N) is 1. The molecule has 3 aromatic carbocycles. The Balaban J connectivity index is 1.55. The lowest BCUT2D eigenvalue weighted by Gasteiger charge is -2.12. The number of benzene rings is 3. The predicted octanol–water partition coefficient (Wildman–Crippen LogP) is 7.11. The monoisotopic (exact) mass is 460 g/mol. The van der Waals surface area contributed by atoms with Gasteiger partial charge in [-0.25, -0.2) is 0 Å². The third-order valence-electron chi connectivity index (χ3n) is 4.34. The van der Waals surface area contributed by atoms with Crippen molar-refractivity contribution in [1.82, 2.24) is 10.2 Å². The molecule has 1 heterocycles. The topological polar surface area (TPSA) is 67.4 Å². The van der Waals surface area contributed by atoms with Crippen molar-refractivity contribution in [3.63, 3.8) is 0 Å². The minimum atomic E-state index is -0.00832. The maximum absolute atomic E-state index is 10.6. The Labute approximate surface area is 187 Å². The maximum atomic E-state index is 10.6. The molecule has 0 unspecified atom stereocenters. The fraction of sp³-hybridized carbons (Fsp3) is 0.0455. The number of nitrogens with zero attached hydrogens (tertiary/aromatic N) is 1. The Bertz CT molecular complexity index is 1170. The number of hydrogen-bond acceptors (Lipinski definition) is 4. The van der Waals surface area contributed by atoms with E-state index in [-0.39, 0.29) is 12.4 Å². The van der Waals surface area contributed by atoms with E-state index in [1.54, 1.807) is 42.5 Å². The lowest BCUT2D eigenvalue weighted by atomic mass is 10.1. The van der Waals surface area contributed by atoms with E-state index in [1.165, 1.54) is 12.3 Å². The quantitative estimate of drug-likeness (QED) is 0.321. The second kappa shape index (κ2) is 8.88. The molecule has 0 saturated carbocycles. The van der Waals surface area contributed by atoms with E-state index in [9.17, 15) is 5.11 Å². The molecular formula is C22H15Cl3N2O3. The van der Waals surface area contributed by atoms with Crippen molar-refractivity contribution in [2.24, 2.45) is 0 Å². The smallest absolute Gasteiger partial charge is 0.173 e. The van der Waals surface area contributed by atoms with Gasteiger partial charge in [0.1, 0.15) is 29.5 Å². The van der Waals surface area contributed by atoms with Crippen molar-refractivity contribution in [2.75, 3.05) is 0 Å². The second-order valence-electron chi connectivity index (χ2n) is 6.31. The van der Waals surface area contributed by atoms with Crippen LogP contribution in [-0.4, -0.2) is 15.3 Å². The fourth-order valence-electron chi connectivity index (χ4n) is 2.83. The molecule has 1 aromatic heterocycles. The van der Waals surface area contributed by atoms with Crippen molar-refractivity contribution in [2.45, 2.75) is 6.61 Å². The van der Waals surface area contributed by atoms with Gasteiger partial charge in [-0.2, -0.15) is 5.10 Å². The Morgan fingerprint density at radius 1 is 0.867 bits per heavy atom. The first-order valence-corrected chi connectivity index (χ1v) is 10.0. The van der Waals surface area contributed by atoms with E-state index in [2.05, 4.69) is 10.2 Å². The lowest BCUT2D eigenvalue weighted by Crippen LogP contribution is -1.97. The number of aromatic hydroxyl groups is 1. The Morgan fingerprint density at radius 3 is 2.33 bits per heavy atom. The molecule has 8 heteroatoms. The molecule has 0 saturated heterocycles. The van der Waals surface area contributed by atoms with Crippen LogP contribution in [0.25, 0.3) is 11.3 Å². The number of para-hydroxylation sites is 1. The van der Waals surface area contributed by atoms with Gasteiger partial charge in [-0.1, -0.05) is 53.0 Å². The Kier molecular flexibility index (Phi) is 6.04. The Morgan fingerprint density at radius 2 is 1.60 bits per heavy atom. The summed E-state index contributed by atoms with van der Waals surface area (Å²) in [6, 6.07) is 17.3. The van der Waals surface area contributed by atoms with Gasteiger partial charge in [0.05, 0.1) is 11.2 Å². The predicted molar refractivity (Wildman–Crippen MR) is 118 cm³/mol. The van der Waals surface area contributed by atoms with Crippen LogP contribution in [0.3, 0.4) is 0 Å². The summed E-state index contributed by atoms with van der Waals surface area (Å²) in [5.41, 5.74) is 1.68. The molecule has 30 heavy (non-hydrogen) atoms. The van der Waals surface area contributed by atoms with Gasteiger partial charge in [-0.05, 0) is 36.4 Å². The summed E-state index contributed by atoms with van der Waals surface area (Å²) in [4.78, 5) is 0. The molecule has 0 spiro atoms. The maximum Gasteiger partial charge on any atom is 0.173 e. The lowest BCUT2D eigenvalue weighted by molar-refractivity contribution is 0.304. The first-order valence-electron chi connectivity index (χ1n) is 8.88. The number of hydrogen-bond donors (Lipinski definition) is 2. The van der Waals surface area contributed by atoms with Crippen molar-refractivity contribution in [1.29, 1.82) is 0 Å². The number of phenolic OH excluding ortho intramolecular Hbond substituents is 1. The molecule has 0 atom stereocenters. The number of H-pyrrole nitrogens is 1. The van der Waals surface area contributed by atoms with E-state index in [0.29, 0.717) is 49.1 Å². The van der Waals surface area contributed by atoms with E-state index in [4.69, 9.17) is 44.3 Å². The van der Waals surface area contributed by atoms with Crippen LogP contribution in [0.1, 0.15) is 5.56 Å². The second-order valence-corrected chi connectivity index (χ2v) is 7.53. The summed E-state index contributed by atoms with van der Waals surface area (Å²) < 4.78 is 11.6. The number of ether oxygens (including phenoxy) is 2. The van der Waals surface area contributed by atoms with Gasteiger partial charge in [0.15, 0.2) is 5.75 Å². The van der Waals surface area contributed by atoms with Crippen LogP contribution in [-0.2, 0) is 6.61 Å². The molecule has 2 N–H and O–H groups in total. The molecule has 4 aromatic rings. The van der Waals surface area contributed by atoms with E-state index < -0.39 is 0 Å². The molecule has 0 aliphatic rings. The zero-order valence-corrected chi connectivity index (χ0v) is 17.7. The van der Waals surface area contributed by atoms with Crippen LogP contribution in [0, 0.1) is 0 Å². The van der Waals surface area contributed by atoms with Gasteiger partial charge in [-0.15, -0.1) is 0 Å². The first kappa shape index (κ1) is 20.4. The van der Waals surface area contributed by atoms with E-state index in [0.717, 1.165) is 0 Å². The minimum absolute atomic E-state index is 0.00832. The largest absolute Gasteiger partial charge is 0.507 e. The summed E-state index contributed by atoms with van der Waals surface area (Å²) >= 11 is 18.5. The van der Waals surface area contributed by atoms with Crippen molar-refractivity contribution >= 4 is 34.8 Å². The average Bonchev–Trinajstić information content (AvgIpc) is 3.17. The highest BCUT2D eigenvalue weighted by Crippen LogP contribution is 2.39. The zero-order valence-electron chi connectivity index (χ0n) is 15.4. The number of halogens is 3. The van der Waals surface area contributed by atoms with Crippen LogP contribution >= 0.6 is 34.8 Å². The molecule has 0 amide bonds. The number of phenols is 1. The molecule has 0 bridgehead atoms. The highest BCUT2D eigenvalue weighted by molar-refractivity contribution is 6.36. The summed E-state index contributed by atoms with van der Waals surface area (Å²) in [6.07, 6.45) is 1.52. The van der Waals surface area contributed by atoms with E-state index in [1.807, 2.05) is 12.1 Å². The van der Waals surface area contributed by atoms with Crippen molar-refractivity contribution in [3.05, 3.63) is 87.5 Å². The highest BCUT2D eigenvalue weighted by atomic mass is 35.5. The normalized spacial score (nSPS) is 10.8. The highest BCUT2D eigenvalue weighted by Gasteiger charge is 2.16. The molecule has 0 fully saturated rings. The molecular weight excluding hydrogens is 447 g/mol. The number of rotatable bonds is 6. The number of aromatic nitrogens is 2. The molecule has 0 aliphatic carbocycles. The summed E-state index contributed by atoms with van der Waals surface area (Å²) in [6.45, 7) is 0.169. The van der Waals surface area contributed by atoms with Crippen molar-refractivity contribution < 1.29 is 14.6 Å². The van der Waals surface area contributed by atoms with Crippen LogP contribution in [0.4, 0.5) is 0 Å². The van der Waals surface area contributed by atoms with Gasteiger partial charge in [0.25, 0.3) is 0 Å². The van der Waals surface area contributed by atoms with Gasteiger partial charge < -0.3 is 14.6 Å². The average molecular weight is 462 g/mol. The molecule has 152 valence electrons. The Hall–Kier alpha value is -2.86. The van der Waals surface area contributed by atoms with Crippen LogP contribution < -0.4 is 9.47 Å². The van der Waals surface area contributed by atoms with Crippen LogP contribution in [0.15, 0.2) is 66.9 Å². The molecule has 5 nitrogen and oxygen atoms in total. The summed E-state index contributed by atoms with van der Waals surface area (Å²) in [7, 11) is 0. The third kappa shape index (κ3) is 4.33. The van der Waals surface area contributed by atoms with Gasteiger partial charge in [0.2, 0.25) is 0 Å². The fourth-order valence-corrected chi connectivity index (χ4v) is 3.51. The zero-order chi connectivity index (χ0) is 21.1. The SMILES string of the molecule is Oc1cc(OCc2c(Cl)cccc2Cl)ccc1-c1[nH]ncc1Oc1ccccc1Cl. The molecule has 0 aliphatic heterocycles. The van der Waals surface area contributed by atoms with Crippen LogP contribution in [0.2, 0.25) is 15.1 Å². The summed E-state index contributed by atoms with van der Waals surface area (Å²) in [5.74, 6) is 1.36. The standard InChI is InChI=1S/C22H15Cl3N2O3/c23-16-5-3-6-17(24)15(16)12-29-13-8-9-14(19(28)10-13)22-21(11-26-27-22)30-20-7-2-1-4-18(20)25/h1-11,28H,12H2,(H,26,27). The number of aromatic amines is 1. The van der Waals surface area contributed by atoms with Gasteiger partial charge in [0, 0.05) is 27.2 Å². The van der Waals surface area contributed by atoms with Crippen LogP contribution in [0.5, 0.6) is 23.0 Å². The van der Waals surface area contributed by atoms with Gasteiger partial charge in [-0.3, -0.25) is 5.10 Å². The van der Waals surface area contributed by atoms with Gasteiger partial charge >= 0.3 is 0 Å². The third-order valence-corrected chi connectivity index (χ3v) is 5.36. The van der Waals surface area contributed by atoms with E-state index >= 15 is 0 Å². The summed E-state index contributed by atoms with van der Waals surface area (Å²) in [5, 5.41) is 18.9. The first-order chi connectivity index (χ1) is 14.5. The van der Waals surface area contributed by atoms with Crippen molar-refractivity contribution in [3.8, 4) is 34.3 Å².